The van der Waals surface area contributed by atoms with Gasteiger partial charge in [-0.05, 0) is 58.7 Å². The minimum atomic E-state index is -3.82. The summed E-state index contributed by atoms with van der Waals surface area (Å²) in [6.07, 6.45) is 0. The topological polar surface area (TPSA) is 46.2 Å². The minimum absolute atomic E-state index is 0.127. The highest BCUT2D eigenvalue weighted by Crippen LogP contribution is 2.26. The molecule has 0 spiro atoms. The van der Waals surface area contributed by atoms with Crippen LogP contribution in [0, 0.1) is 12.7 Å². The zero-order valence-corrected chi connectivity index (χ0v) is 14.3. The lowest BCUT2D eigenvalue weighted by Gasteiger charge is -2.11. The minimum Gasteiger partial charge on any atom is -0.279 e. The van der Waals surface area contributed by atoms with Crippen molar-refractivity contribution in [3.63, 3.8) is 0 Å². The highest BCUT2D eigenvalue weighted by Gasteiger charge is 2.17. The van der Waals surface area contributed by atoms with E-state index in [0.717, 1.165) is 16.1 Å². The number of hydrogen-bond acceptors (Lipinski definition) is 2. The van der Waals surface area contributed by atoms with Crippen molar-refractivity contribution in [2.45, 2.75) is 11.8 Å². The van der Waals surface area contributed by atoms with Gasteiger partial charge < -0.3 is 0 Å². The normalized spacial score (nSPS) is 11.4. The van der Waals surface area contributed by atoms with Crippen LogP contribution in [0.1, 0.15) is 5.56 Å². The van der Waals surface area contributed by atoms with Gasteiger partial charge in [-0.1, -0.05) is 22.0 Å². The van der Waals surface area contributed by atoms with Crippen molar-refractivity contribution < 1.29 is 12.8 Å². The molecule has 0 aliphatic heterocycles. The lowest BCUT2D eigenvalue weighted by Crippen LogP contribution is -2.14. The molecule has 0 saturated carbocycles. The summed E-state index contributed by atoms with van der Waals surface area (Å²) in [6.45, 7) is 1.78. The van der Waals surface area contributed by atoms with E-state index in [9.17, 15) is 12.8 Å². The Hall–Kier alpha value is -0.920. The molecule has 2 aromatic carbocycles. The molecule has 0 radical (unpaired) electrons. The Morgan fingerprint density at radius 1 is 1.10 bits per heavy atom. The molecule has 0 saturated heterocycles. The summed E-state index contributed by atoms with van der Waals surface area (Å²) in [7, 11) is -3.82. The van der Waals surface area contributed by atoms with Crippen LogP contribution in [0.4, 0.5) is 10.1 Å². The van der Waals surface area contributed by atoms with Gasteiger partial charge in [-0.25, -0.2) is 12.8 Å². The molecular weight excluding hydrogens is 413 g/mol. The molecule has 0 bridgehead atoms. The lowest BCUT2D eigenvalue weighted by atomic mass is 10.2. The maximum absolute atomic E-state index is 13.4. The third-order valence-corrected chi connectivity index (χ3v) is 5.58. The van der Waals surface area contributed by atoms with Crippen LogP contribution in [0.3, 0.4) is 0 Å². The molecule has 0 fully saturated rings. The van der Waals surface area contributed by atoms with Gasteiger partial charge in [-0.2, -0.15) is 0 Å². The van der Waals surface area contributed by atoms with E-state index in [4.69, 9.17) is 0 Å². The molecule has 3 nitrogen and oxygen atoms in total. The third kappa shape index (κ3) is 3.21. The van der Waals surface area contributed by atoms with Gasteiger partial charge in [-0.3, -0.25) is 4.72 Å². The predicted octanol–water partition coefficient (Wildman–Crippen LogP) is 4.46. The number of anilines is 1. The molecule has 1 N–H and O–H groups in total. The molecule has 0 aliphatic rings. The highest BCUT2D eigenvalue weighted by atomic mass is 79.9. The van der Waals surface area contributed by atoms with Gasteiger partial charge in [0.05, 0.1) is 15.1 Å². The van der Waals surface area contributed by atoms with Crippen LogP contribution >= 0.6 is 31.9 Å². The standard InChI is InChI=1S/C13H10Br2FNO2S/c1-8-10(14)3-2-4-13(8)17-20(18,19)9-5-6-11(15)12(16)7-9/h2-7,17H,1H3. The highest BCUT2D eigenvalue weighted by molar-refractivity contribution is 9.10. The summed E-state index contributed by atoms with van der Waals surface area (Å²) in [6, 6.07) is 8.84. The van der Waals surface area contributed by atoms with Crippen molar-refractivity contribution in [2.24, 2.45) is 0 Å². The summed E-state index contributed by atoms with van der Waals surface area (Å²) >= 11 is 6.32. The molecule has 0 atom stereocenters. The predicted molar refractivity (Wildman–Crippen MR) is 83.8 cm³/mol. The van der Waals surface area contributed by atoms with Crippen molar-refractivity contribution in [3.8, 4) is 0 Å². The van der Waals surface area contributed by atoms with E-state index >= 15 is 0 Å². The number of halogens is 3. The van der Waals surface area contributed by atoms with Crippen LogP contribution in [0.25, 0.3) is 0 Å². The monoisotopic (exact) mass is 421 g/mol. The number of benzene rings is 2. The van der Waals surface area contributed by atoms with E-state index < -0.39 is 15.8 Å². The molecule has 20 heavy (non-hydrogen) atoms. The van der Waals surface area contributed by atoms with Gasteiger partial charge in [0.15, 0.2) is 0 Å². The summed E-state index contributed by atoms with van der Waals surface area (Å²) < 4.78 is 41.3. The van der Waals surface area contributed by atoms with Crippen molar-refractivity contribution in [1.82, 2.24) is 0 Å². The summed E-state index contributed by atoms with van der Waals surface area (Å²) in [4.78, 5) is -0.127. The Morgan fingerprint density at radius 2 is 1.80 bits per heavy atom. The zero-order chi connectivity index (χ0) is 14.9. The fourth-order valence-electron chi connectivity index (χ4n) is 1.57. The van der Waals surface area contributed by atoms with E-state index in [0.29, 0.717) is 5.69 Å². The molecule has 0 aliphatic carbocycles. The van der Waals surface area contributed by atoms with Crippen LogP contribution < -0.4 is 4.72 Å². The second-order valence-corrected chi connectivity index (χ2v) is 7.48. The molecule has 7 heteroatoms. The molecule has 106 valence electrons. The van der Waals surface area contributed by atoms with Gasteiger partial charge >= 0.3 is 0 Å². The van der Waals surface area contributed by atoms with Gasteiger partial charge in [0.25, 0.3) is 10.0 Å². The first-order valence-corrected chi connectivity index (χ1v) is 8.61. The smallest absolute Gasteiger partial charge is 0.262 e. The molecule has 2 aromatic rings. The van der Waals surface area contributed by atoms with Crippen molar-refractivity contribution in [3.05, 3.63) is 56.7 Å². The second-order valence-electron chi connectivity index (χ2n) is 4.09. The number of hydrogen-bond donors (Lipinski definition) is 1. The average Bonchev–Trinajstić information content (AvgIpc) is 2.38. The molecular formula is C13H10Br2FNO2S. The lowest BCUT2D eigenvalue weighted by molar-refractivity contribution is 0.593. The maximum atomic E-state index is 13.4. The Kier molecular flexibility index (Phi) is 4.51. The Morgan fingerprint density at radius 3 is 2.45 bits per heavy atom. The van der Waals surface area contributed by atoms with E-state index in [1.165, 1.54) is 12.1 Å². The summed E-state index contributed by atoms with van der Waals surface area (Å²) in [5.74, 6) is -0.626. The van der Waals surface area contributed by atoms with Gasteiger partial charge in [0.2, 0.25) is 0 Å². The van der Waals surface area contributed by atoms with Crippen molar-refractivity contribution in [2.75, 3.05) is 4.72 Å². The summed E-state index contributed by atoms with van der Waals surface area (Å²) in [5.41, 5.74) is 1.20. The van der Waals surface area contributed by atoms with Crippen molar-refractivity contribution in [1.29, 1.82) is 0 Å². The molecule has 0 unspecified atom stereocenters. The van der Waals surface area contributed by atoms with E-state index in [1.807, 2.05) is 6.07 Å². The molecule has 2 rings (SSSR count). The van der Waals surface area contributed by atoms with Gasteiger partial charge in [-0.15, -0.1) is 0 Å². The van der Waals surface area contributed by atoms with Crippen LogP contribution in [0.2, 0.25) is 0 Å². The first kappa shape index (κ1) is 15.5. The third-order valence-electron chi connectivity index (χ3n) is 2.71. The molecule has 0 heterocycles. The van der Waals surface area contributed by atoms with Crippen LogP contribution in [-0.4, -0.2) is 8.42 Å². The Balaban J connectivity index is 2.41. The van der Waals surface area contributed by atoms with Crippen LogP contribution in [0.15, 0.2) is 50.2 Å². The van der Waals surface area contributed by atoms with Gasteiger partial charge in [0, 0.05) is 4.47 Å². The fraction of sp³-hybridized carbons (Fsp3) is 0.0769. The van der Waals surface area contributed by atoms with E-state index in [1.54, 1.807) is 19.1 Å². The SMILES string of the molecule is Cc1c(Br)cccc1NS(=O)(=O)c1ccc(Br)c(F)c1. The van der Waals surface area contributed by atoms with E-state index in [-0.39, 0.29) is 9.37 Å². The molecule has 0 amide bonds. The molecule has 0 aromatic heterocycles. The van der Waals surface area contributed by atoms with Gasteiger partial charge in [0.1, 0.15) is 5.82 Å². The number of rotatable bonds is 3. The number of nitrogens with one attached hydrogen (secondary N) is 1. The Bertz CT molecular complexity index is 763. The van der Waals surface area contributed by atoms with Crippen molar-refractivity contribution >= 4 is 47.6 Å². The number of sulfonamides is 1. The zero-order valence-electron chi connectivity index (χ0n) is 10.3. The first-order chi connectivity index (χ1) is 9.31. The van der Waals surface area contributed by atoms with Crippen LogP contribution in [-0.2, 0) is 10.0 Å². The van der Waals surface area contributed by atoms with Crippen LogP contribution in [0.5, 0.6) is 0 Å². The average molecular weight is 423 g/mol. The second kappa shape index (κ2) is 5.83. The van der Waals surface area contributed by atoms with E-state index in [2.05, 4.69) is 36.6 Å². The largest absolute Gasteiger partial charge is 0.279 e. The quantitative estimate of drug-likeness (QED) is 0.793. The first-order valence-electron chi connectivity index (χ1n) is 5.54. The fourth-order valence-corrected chi connectivity index (χ4v) is 3.31. The Labute approximate surface area is 133 Å². The maximum Gasteiger partial charge on any atom is 0.262 e. The summed E-state index contributed by atoms with van der Waals surface area (Å²) in [5, 5.41) is 0.